The van der Waals surface area contributed by atoms with E-state index in [-0.39, 0.29) is 19.6 Å². The smallest absolute Gasteiger partial charge is 0.437 e. The molecule has 2 saturated heterocycles. The molecule has 0 bridgehead atoms. The van der Waals surface area contributed by atoms with E-state index in [1.54, 1.807) is 0 Å². The minimum atomic E-state index is -5.05. The lowest BCUT2D eigenvalue weighted by molar-refractivity contribution is -0.233. The molecule has 0 aromatic carbocycles. The second-order valence-corrected chi connectivity index (χ2v) is 3.84. The van der Waals surface area contributed by atoms with E-state index in [9.17, 15) is 22.4 Å². The van der Waals surface area contributed by atoms with Crippen LogP contribution in [0.3, 0.4) is 0 Å². The van der Waals surface area contributed by atoms with Gasteiger partial charge in [0, 0.05) is 13.0 Å². The van der Waals surface area contributed by atoms with Gasteiger partial charge in [0.1, 0.15) is 11.8 Å². The fourth-order valence-corrected chi connectivity index (χ4v) is 1.79. The van der Waals surface area contributed by atoms with Gasteiger partial charge in [-0.2, -0.15) is 13.2 Å². The molecule has 2 aliphatic heterocycles. The standard InChI is InChI=1S/C8H9F4NO3/c9-4-1-7(15-2-4)3-13-5(7)16-6(14)8(10,11)12/h4-5,13H,1-3H2/t4-,5?,7?/m1/s1. The highest BCUT2D eigenvalue weighted by Crippen LogP contribution is 2.37. The van der Waals surface area contributed by atoms with Crippen LogP contribution in [0.1, 0.15) is 6.42 Å². The molecule has 0 aromatic heterocycles. The fraction of sp³-hybridized carbons (Fsp3) is 0.875. The van der Waals surface area contributed by atoms with Gasteiger partial charge >= 0.3 is 12.1 Å². The van der Waals surface area contributed by atoms with E-state index in [1.165, 1.54) is 0 Å². The highest BCUT2D eigenvalue weighted by atomic mass is 19.4. The van der Waals surface area contributed by atoms with Crippen molar-refractivity contribution in [3.05, 3.63) is 0 Å². The molecule has 2 unspecified atom stereocenters. The van der Waals surface area contributed by atoms with E-state index in [0.29, 0.717) is 0 Å². The third-order valence-electron chi connectivity index (χ3n) is 2.64. The van der Waals surface area contributed by atoms with Crippen molar-refractivity contribution in [1.29, 1.82) is 0 Å². The molecule has 2 fully saturated rings. The molecule has 2 aliphatic rings. The molecule has 16 heavy (non-hydrogen) atoms. The van der Waals surface area contributed by atoms with Crippen molar-refractivity contribution < 1.29 is 31.8 Å². The number of rotatable bonds is 1. The van der Waals surface area contributed by atoms with Crippen molar-refractivity contribution in [3.63, 3.8) is 0 Å². The fourth-order valence-electron chi connectivity index (χ4n) is 1.79. The largest absolute Gasteiger partial charge is 0.490 e. The van der Waals surface area contributed by atoms with Gasteiger partial charge in [0.25, 0.3) is 0 Å². The van der Waals surface area contributed by atoms with Crippen molar-refractivity contribution in [2.75, 3.05) is 13.2 Å². The summed E-state index contributed by atoms with van der Waals surface area (Å²) in [6.45, 7) is 0.00493. The summed E-state index contributed by atoms with van der Waals surface area (Å²) < 4.78 is 57.8. The van der Waals surface area contributed by atoms with Gasteiger partial charge in [-0.05, 0) is 0 Å². The summed E-state index contributed by atoms with van der Waals surface area (Å²) in [5.41, 5.74) is -1.12. The Labute approximate surface area is 87.9 Å². The van der Waals surface area contributed by atoms with Gasteiger partial charge in [-0.1, -0.05) is 0 Å². The summed E-state index contributed by atoms with van der Waals surface area (Å²) in [5, 5.41) is 2.47. The van der Waals surface area contributed by atoms with E-state index in [1.807, 2.05) is 0 Å². The maximum Gasteiger partial charge on any atom is 0.490 e. The van der Waals surface area contributed by atoms with Gasteiger partial charge in [0.05, 0.1) is 6.61 Å². The first kappa shape index (κ1) is 11.6. The predicted molar refractivity (Wildman–Crippen MR) is 42.1 cm³/mol. The molecular weight excluding hydrogens is 234 g/mol. The van der Waals surface area contributed by atoms with Crippen LogP contribution in [0.5, 0.6) is 0 Å². The van der Waals surface area contributed by atoms with Crippen molar-refractivity contribution in [3.8, 4) is 0 Å². The molecular formula is C8H9F4NO3. The molecule has 92 valence electrons. The Morgan fingerprint density at radius 2 is 2.19 bits per heavy atom. The Morgan fingerprint density at radius 1 is 1.50 bits per heavy atom. The first-order valence-corrected chi connectivity index (χ1v) is 4.63. The van der Waals surface area contributed by atoms with Crippen molar-refractivity contribution in [2.45, 2.75) is 30.6 Å². The molecule has 0 aliphatic carbocycles. The van der Waals surface area contributed by atoms with E-state index >= 15 is 0 Å². The van der Waals surface area contributed by atoms with E-state index < -0.39 is 30.1 Å². The Hall–Kier alpha value is -0.890. The Morgan fingerprint density at radius 3 is 2.56 bits per heavy atom. The monoisotopic (exact) mass is 243 g/mol. The second kappa shape index (κ2) is 3.56. The number of halogens is 4. The number of hydrogen-bond donors (Lipinski definition) is 1. The number of alkyl halides is 4. The lowest BCUT2D eigenvalue weighted by Crippen LogP contribution is -2.69. The minimum Gasteiger partial charge on any atom is -0.437 e. The average molecular weight is 243 g/mol. The highest BCUT2D eigenvalue weighted by molar-refractivity contribution is 5.75. The first-order valence-electron chi connectivity index (χ1n) is 4.63. The normalized spacial score (nSPS) is 38.5. The predicted octanol–water partition coefficient (Wildman–Crippen LogP) is 0.518. The summed E-state index contributed by atoms with van der Waals surface area (Å²) in [7, 11) is 0. The molecule has 4 nitrogen and oxygen atoms in total. The lowest BCUT2D eigenvalue weighted by atomic mass is 9.90. The topological polar surface area (TPSA) is 47.6 Å². The average Bonchev–Trinajstić information content (AvgIpc) is 2.55. The third-order valence-corrected chi connectivity index (χ3v) is 2.64. The first-order chi connectivity index (χ1) is 7.33. The second-order valence-electron chi connectivity index (χ2n) is 3.84. The minimum absolute atomic E-state index is 0.0597. The maximum atomic E-state index is 12.9. The summed E-state index contributed by atoms with van der Waals surface area (Å²) >= 11 is 0. The lowest BCUT2D eigenvalue weighted by Gasteiger charge is -2.45. The van der Waals surface area contributed by atoms with Crippen LogP contribution in [0.15, 0.2) is 0 Å². The van der Waals surface area contributed by atoms with Gasteiger partial charge in [-0.25, -0.2) is 9.18 Å². The van der Waals surface area contributed by atoms with E-state index in [4.69, 9.17) is 4.74 Å². The quantitative estimate of drug-likeness (QED) is 0.538. The summed E-state index contributed by atoms with van der Waals surface area (Å²) in [6, 6.07) is 0. The zero-order valence-electron chi connectivity index (χ0n) is 8.01. The van der Waals surface area contributed by atoms with Gasteiger partial charge in [0.2, 0.25) is 0 Å². The van der Waals surface area contributed by atoms with Crippen LogP contribution in [-0.2, 0) is 14.3 Å². The number of hydrogen-bond acceptors (Lipinski definition) is 4. The summed E-state index contributed by atoms with van der Waals surface area (Å²) in [5.74, 6) is -2.30. The van der Waals surface area contributed by atoms with Gasteiger partial charge in [-0.3, -0.25) is 5.32 Å². The zero-order chi connectivity index (χ0) is 12.0. The van der Waals surface area contributed by atoms with Gasteiger partial charge in [-0.15, -0.1) is 0 Å². The number of carbonyl (C=O) groups excluding carboxylic acids is 1. The summed E-state index contributed by atoms with van der Waals surface area (Å²) in [4.78, 5) is 10.6. The molecule has 0 amide bonds. The van der Waals surface area contributed by atoms with Crippen LogP contribution in [0.2, 0.25) is 0 Å². The van der Waals surface area contributed by atoms with Crippen LogP contribution in [0, 0.1) is 0 Å². The maximum absolute atomic E-state index is 12.9. The molecule has 0 aromatic rings. The van der Waals surface area contributed by atoms with Crippen LogP contribution in [0.4, 0.5) is 17.6 Å². The molecule has 8 heteroatoms. The molecule has 1 N–H and O–H groups in total. The molecule has 2 heterocycles. The van der Waals surface area contributed by atoms with Gasteiger partial charge < -0.3 is 9.47 Å². The number of esters is 1. The Kier molecular flexibility index (Phi) is 2.58. The van der Waals surface area contributed by atoms with E-state index in [0.717, 1.165) is 0 Å². The highest BCUT2D eigenvalue weighted by Gasteiger charge is 2.57. The van der Waals surface area contributed by atoms with Crippen molar-refractivity contribution in [2.24, 2.45) is 0 Å². The summed E-state index contributed by atoms with van der Waals surface area (Å²) in [6.07, 6.45) is -7.56. The number of carbonyl (C=O) groups is 1. The molecule has 0 radical (unpaired) electrons. The molecule has 0 saturated carbocycles. The van der Waals surface area contributed by atoms with Crippen molar-refractivity contribution >= 4 is 5.97 Å². The van der Waals surface area contributed by atoms with Crippen LogP contribution in [0.25, 0.3) is 0 Å². The Balaban J connectivity index is 1.95. The Bertz CT molecular complexity index is 308. The van der Waals surface area contributed by atoms with Crippen LogP contribution < -0.4 is 5.32 Å². The van der Waals surface area contributed by atoms with Gasteiger partial charge in [0.15, 0.2) is 6.23 Å². The SMILES string of the molecule is O=C(OC1NCC12C[C@@H](F)CO2)C(F)(F)F. The molecule has 1 spiro atoms. The third kappa shape index (κ3) is 1.86. The zero-order valence-corrected chi connectivity index (χ0v) is 8.01. The van der Waals surface area contributed by atoms with Crippen molar-refractivity contribution in [1.82, 2.24) is 5.32 Å². The molecule has 3 atom stereocenters. The number of nitrogens with one attached hydrogen (secondary N) is 1. The number of ether oxygens (including phenoxy) is 2. The van der Waals surface area contributed by atoms with Crippen LogP contribution >= 0.6 is 0 Å². The molecule has 2 rings (SSSR count). The van der Waals surface area contributed by atoms with E-state index in [2.05, 4.69) is 10.1 Å². The van der Waals surface area contributed by atoms with Crippen LogP contribution in [-0.4, -0.2) is 43.3 Å².